The Kier molecular flexibility index (Phi) is 7.86. The highest BCUT2D eigenvalue weighted by molar-refractivity contribution is 9.09. The van der Waals surface area contributed by atoms with E-state index in [4.69, 9.17) is 4.74 Å². The maximum absolute atomic E-state index is 12.1. The summed E-state index contributed by atoms with van der Waals surface area (Å²) in [5.41, 5.74) is -0.404. The standard InChI is InChI=1S/C19H35BrN2O2/c1-19(2,3)24-18(23)22-12-10-17(11-13-22)21-14-15-6-4-8-16(20)9-5-7-15/h15-17,21H,4-14H2,1-3H3. The lowest BCUT2D eigenvalue weighted by atomic mass is 9.90. The van der Waals surface area contributed by atoms with Crippen LogP contribution in [0.1, 0.15) is 72.1 Å². The lowest BCUT2D eigenvalue weighted by Gasteiger charge is -2.34. The van der Waals surface area contributed by atoms with Crippen molar-refractivity contribution >= 4 is 22.0 Å². The first kappa shape index (κ1) is 20.0. The summed E-state index contributed by atoms with van der Waals surface area (Å²) in [6, 6.07) is 0.554. The smallest absolute Gasteiger partial charge is 0.410 e. The van der Waals surface area contributed by atoms with Gasteiger partial charge in [0.1, 0.15) is 5.60 Å². The molecule has 4 nitrogen and oxygen atoms in total. The molecule has 0 unspecified atom stereocenters. The number of rotatable bonds is 3. The van der Waals surface area contributed by atoms with E-state index in [1.54, 1.807) is 0 Å². The fourth-order valence-electron chi connectivity index (χ4n) is 3.67. The third-order valence-electron chi connectivity index (χ3n) is 5.10. The van der Waals surface area contributed by atoms with Crippen molar-refractivity contribution in [3.63, 3.8) is 0 Å². The zero-order chi connectivity index (χ0) is 17.6. The summed E-state index contributed by atoms with van der Waals surface area (Å²) in [5, 5.41) is 3.77. The number of piperidine rings is 1. The topological polar surface area (TPSA) is 41.6 Å². The maximum Gasteiger partial charge on any atom is 0.410 e. The minimum Gasteiger partial charge on any atom is -0.444 e. The normalized spacial score (nSPS) is 27.4. The molecule has 0 aromatic heterocycles. The molecular formula is C19H35BrN2O2. The van der Waals surface area contributed by atoms with E-state index in [9.17, 15) is 4.79 Å². The number of nitrogens with zero attached hydrogens (tertiary/aromatic N) is 1. The third-order valence-corrected chi connectivity index (χ3v) is 6.02. The van der Waals surface area contributed by atoms with Gasteiger partial charge < -0.3 is 15.0 Å². The molecule has 0 aromatic rings. The van der Waals surface area contributed by atoms with Gasteiger partial charge in [0.15, 0.2) is 0 Å². The van der Waals surface area contributed by atoms with Gasteiger partial charge in [0.05, 0.1) is 0 Å². The number of halogens is 1. The molecule has 2 fully saturated rings. The number of hydrogen-bond donors (Lipinski definition) is 1. The summed E-state index contributed by atoms with van der Waals surface area (Å²) in [6.07, 6.45) is 9.96. The minimum atomic E-state index is -0.404. The zero-order valence-electron chi connectivity index (χ0n) is 15.7. The highest BCUT2D eigenvalue weighted by Gasteiger charge is 2.27. The van der Waals surface area contributed by atoms with Crippen LogP contribution in [0.25, 0.3) is 0 Å². The number of amides is 1. The van der Waals surface area contributed by atoms with E-state index < -0.39 is 5.60 Å². The first-order chi connectivity index (χ1) is 11.3. The van der Waals surface area contributed by atoms with E-state index in [2.05, 4.69) is 21.2 Å². The Morgan fingerprint density at radius 2 is 1.67 bits per heavy atom. The van der Waals surface area contributed by atoms with Gasteiger partial charge in [-0.2, -0.15) is 0 Å². The van der Waals surface area contributed by atoms with Gasteiger partial charge in [0.2, 0.25) is 0 Å². The van der Waals surface area contributed by atoms with Crippen LogP contribution in [-0.2, 0) is 4.74 Å². The first-order valence-corrected chi connectivity index (χ1v) is 10.6. The Morgan fingerprint density at radius 3 is 2.21 bits per heavy atom. The average molecular weight is 403 g/mol. The maximum atomic E-state index is 12.1. The van der Waals surface area contributed by atoms with E-state index in [1.807, 2.05) is 25.7 Å². The van der Waals surface area contributed by atoms with Crippen LogP contribution in [0.2, 0.25) is 0 Å². The van der Waals surface area contributed by atoms with Crippen LogP contribution in [0.5, 0.6) is 0 Å². The quantitative estimate of drug-likeness (QED) is 0.694. The predicted octanol–water partition coefficient (Wildman–Crippen LogP) is 4.71. The van der Waals surface area contributed by atoms with Gasteiger partial charge in [-0.3, -0.25) is 0 Å². The van der Waals surface area contributed by atoms with Crippen LogP contribution in [-0.4, -0.2) is 47.1 Å². The van der Waals surface area contributed by atoms with Gasteiger partial charge in [-0.1, -0.05) is 28.8 Å². The van der Waals surface area contributed by atoms with Gasteiger partial charge in [-0.15, -0.1) is 0 Å². The fraction of sp³-hybridized carbons (Fsp3) is 0.947. The van der Waals surface area contributed by atoms with Crippen molar-refractivity contribution in [3.05, 3.63) is 0 Å². The van der Waals surface area contributed by atoms with Crippen LogP contribution in [0.15, 0.2) is 0 Å². The Labute approximate surface area is 156 Å². The molecule has 1 heterocycles. The summed E-state index contributed by atoms with van der Waals surface area (Å²) in [5.74, 6) is 0.828. The number of carbonyl (C=O) groups excluding carboxylic acids is 1. The van der Waals surface area contributed by atoms with Gasteiger partial charge in [0.25, 0.3) is 0 Å². The number of alkyl halides is 1. The van der Waals surface area contributed by atoms with Crippen molar-refractivity contribution in [2.24, 2.45) is 5.92 Å². The molecule has 2 rings (SSSR count). The molecule has 1 aliphatic heterocycles. The van der Waals surface area contributed by atoms with Crippen molar-refractivity contribution in [3.8, 4) is 0 Å². The highest BCUT2D eigenvalue weighted by atomic mass is 79.9. The molecule has 140 valence electrons. The summed E-state index contributed by atoms with van der Waals surface area (Å²) in [4.78, 5) is 14.7. The minimum absolute atomic E-state index is 0.162. The molecule has 1 N–H and O–H groups in total. The molecule has 0 atom stereocenters. The predicted molar refractivity (Wildman–Crippen MR) is 103 cm³/mol. The molecule has 24 heavy (non-hydrogen) atoms. The summed E-state index contributed by atoms with van der Waals surface area (Å²) in [6.45, 7) is 8.53. The largest absolute Gasteiger partial charge is 0.444 e. The molecular weight excluding hydrogens is 368 g/mol. The van der Waals surface area contributed by atoms with Gasteiger partial charge in [-0.05, 0) is 71.8 Å². The first-order valence-electron chi connectivity index (χ1n) is 9.69. The monoisotopic (exact) mass is 402 g/mol. The molecule has 1 amide bonds. The van der Waals surface area contributed by atoms with Crippen LogP contribution in [0.4, 0.5) is 4.79 Å². The van der Waals surface area contributed by atoms with Gasteiger partial charge in [-0.25, -0.2) is 4.79 Å². The second kappa shape index (κ2) is 9.42. The van der Waals surface area contributed by atoms with Crippen molar-refractivity contribution in [2.75, 3.05) is 19.6 Å². The summed E-state index contributed by atoms with van der Waals surface area (Å²) >= 11 is 3.77. The fourth-order valence-corrected chi connectivity index (χ4v) is 4.32. The summed E-state index contributed by atoms with van der Waals surface area (Å²) < 4.78 is 5.46. The number of carbonyl (C=O) groups is 1. The Bertz CT molecular complexity index is 379. The van der Waals surface area contributed by atoms with Gasteiger partial charge in [0, 0.05) is 24.0 Å². The molecule has 1 aliphatic carbocycles. The second-order valence-corrected chi connectivity index (χ2v) is 9.77. The highest BCUT2D eigenvalue weighted by Crippen LogP contribution is 2.26. The molecule has 0 spiro atoms. The second-order valence-electron chi connectivity index (χ2n) is 8.48. The molecule has 0 radical (unpaired) electrons. The molecule has 5 heteroatoms. The van der Waals surface area contributed by atoms with Crippen LogP contribution in [0.3, 0.4) is 0 Å². The van der Waals surface area contributed by atoms with Crippen LogP contribution >= 0.6 is 15.9 Å². The SMILES string of the molecule is CC(C)(C)OC(=O)N1CCC(NCC2CCCC(Br)CCC2)CC1. The lowest BCUT2D eigenvalue weighted by Crippen LogP contribution is -2.47. The van der Waals surface area contributed by atoms with E-state index >= 15 is 0 Å². The molecule has 0 aromatic carbocycles. The van der Waals surface area contributed by atoms with Crippen molar-refractivity contribution in [1.29, 1.82) is 0 Å². The van der Waals surface area contributed by atoms with Gasteiger partial charge >= 0.3 is 6.09 Å². The van der Waals surface area contributed by atoms with E-state index in [-0.39, 0.29) is 6.09 Å². The van der Waals surface area contributed by atoms with Crippen LogP contribution < -0.4 is 5.32 Å². The molecule has 2 aliphatic rings. The number of hydrogen-bond acceptors (Lipinski definition) is 3. The lowest BCUT2D eigenvalue weighted by molar-refractivity contribution is 0.0197. The van der Waals surface area contributed by atoms with Crippen LogP contribution in [0, 0.1) is 5.92 Å². The van der Waals surface area contributed by atoms with Crippen molar-refractivity contribution in [1.82, 2.24) is 10.2 Å². The zero-order valence-corrected chi connectivity index (χ0v) is 17.2. The average Bonchev–Trinajstić information content (AvgIpc) is 2.48. The summed E-state index contributed by atoms with van der Waals surface area (Å²) in [7, 11) is 0. The Balaban J connectivity index is 1.65. The molecule has 0 bridgehead atoms. The van der Waals surface area contributed by atoms with E-state index in [0.717, 1.165) is 43.2 Å². The molecule has 1 saturated carbocycles. The Morgan fingerprint density at radius 1 is 1.08 bits per heavy atom. The van der Waals surface area contributed by atoms with Crippen molar-refractivity contribution < 1.29 is 9.53 Å². The molecule has 1 saturated heterocycles. The number of ether oxygens (including phenoxy) is 1. The third kappa shape index (κ3) is 7.30. The van der Waals surface area contributed by atoms with Crippen molar-refractivity contribution in [2.45, 2.75) is 88.6 Å². The van der Waals surface area contributed by atoms with E-state index in [1.165, 1.54) is 38.5 Å². The van der Waals surface area contributed by atoms with E-state index in [0.29, 0.717) is 6.04 Å². The number of likely N-dealkylation sites (tertiary alicyclic amines) is 1. The Hall–Kier alpha value is -0.290. The number of nitrogens with one attached hydrogen (secondary N) is 1.